The molecule has 3 N–H and O–H groups in total. The van der Waals surface area contributed by atoms with E-state index in [1.807, 2.05) is 6.26 Å². The summed E-state index contributed by atoms with van der Waals surface area (Å²) in [6.07, 6.45) is 3.70. The van der Waals surface area contributed by atoms with Gasteiger partial charge in [-0.25, -0.2) is 17.5 Å². The van der Waals surface area contributed by atoms with Gasteiger partial charge in [-0.3, -0.25) is 0 Å². The second-order valence-electron chi connectivity index (χ2n) is 3.90. The molecule has 108 valence electrons. The van der Waals surface area contributed by atoms with E-state index in [9.17, 15) is 12.8 Å². The highest BCUT2D eigenvalue weighted by atomic mass is 79.9. The Labute approximate surface area is 125 Å². The summed E-state index contributed by atoms with van der Waals surface area (Å²) in [6, 6.07) is 2.17. The van der Waals surface area contributed by atoms with Crippen LogP contribution in [0.25, 0.3) is 0 Å². The van der Waals surface area contributed by atoms with Crippen LogP contribution < -0.4 is 10.5 Å². The monoisotopic (exact) mass is 370 g/mol. The fourth-order valence-corrected chi connectivity index (χ4v) is 4.02. The average molecular weight is 371 g/mol. The van der Waals surface area contributed by atoms with Crippen molar-refractivity contribution in [1.82, 2.24) is 4.72 Å². The molecule has 0 aliphatic rings. The van der Waals surface area contributed by atoms with Crippen LogP contribution in [-0.4, -0.2) is 27.0 Å². The summed E-state index contributed by atoms with van der Waals surface area (Å²) in [4.78, 5) is -0.0451. The number of benzene rings is 1. The molecule has 0 aromatic heterocycles. The minimum Gasteiger partial charge on any atom is -0.396 e. The summed E-state index contributed by atoms with van der Waals surface area (Å²) < 4.78 is 39.9. The summed E-state index contributed by atoms with van der Waals surface area (Å²) in [7, 11) is -3.67. The number of hydrogen-bond acceptors (Lipinski definition) is 4. The summed E-state index contributed by atoms with van der Waals surface area (Å²) >= 11 is 4.75. The molecule has 0 heterocycles. The molecular weight excluding hydrogens is 355 g/mol. The van der Waals surface area contributed by atoms with Gasteiger partial charge < -0.3 is 5.73 Å². The van der Waals surface area contributed by atoms with Crippen LogP contribution in [0, 0.1) is 5.82 Å². The van der Waals surface area contributed by atoms with E-state index in [4.69, 9.17) is 5.73 Å². The van der Waals surface area contributed by atoms with Crippen LogP contribution in [0.2, 0.25) is 0 Å². The number of unbranched alkanes of at least 4 members (excludes halogenated alkanes) is 1. The summed E-state index contributed by atoms with van der Waals surface area (Å²) in [5, 5.41) is 0. The van der Waals surface area contributed by atoms with E-state index in [1.54, 1.807) is 11.8 Å². The first-order valence-corrected chi connectivity index (χ1v) is 9.28. The molecule has 0 aliphatic carbocycles. The predicted molar refractivity (Wildman–Crippen MR) is 81.3 cm³/mol. The SMILES string of the molecule is CSCCCCNS(=O)(=O)c1cc(N)c(F)cc1Br. The number of nitrogen functional groups attached to an aromatic ring is 1. The first-order valence-electron chi connectivity index (χ1n) is 5.61. The highest BCUT2D eigenvalue weighted by Gasteiger charge is 2.19. The number of thioether (sulfide) groups is 1. The van der Waals surface area contributed by atoms with Gasteiger partial charge in [-0.2, -0.15) is 11.8 Å². The highest BCUT2D eigenvalue weighted by Crippen LogP contribution is 2.26. The van der Waals surface area contributed by atoms with Crippen molar-refractivity contribution < 1.29 is 12.8 Å². The van der Waals surface area contributed by atoms with Gasteiger partial charge >= 0.3 is 0 Å². The average Bonchev–Trinajstić information content (AvgIpc) is 2.33. The van der Waals surface area contributed by atoms with Crippen molar-refractivity contribution >= 4 is 43.4 Å². The molecule has 0 saturated carbocycles. The van der Waals surface area contributed by atoms with Crippen molar-refractivity contribution in [3.8, 4) is 0 Å². The lowest BCUT2D eigenvalue weighted by molar-refractivity contribution is 0.577. The maximum absolute atomic E-state index is 13.2. The second-order valence-corrected chi connectivity index (χ2v) is 7.48. The van der Waals surface area contributed by atoms with Crippen molar-refractivity contribution in [1.29, 1.82) is 0 Å². The fourth-order valence-electron chi connectivity index (χ4n) is 1.41. The van der Waals surface area contributed by atoms with Gasteiger partial charge in [0.15, 0.2) is 0 Å². The van der Waals surface area contributed by atoms with Crippen molar-refractivity contribution in [2.24, 2.45) is 0 Å². The Balaban J connectivity index is 2.75. The molecule has 1 rings (SSSR count). The van der Waals surface area contributed by atoms with Crippen molar-refractivity contribution in [2.75, 3.05) is 24.3 Å². The molecule has 1 aromatic carbocycles. The third kappa shape index (κ3) is 4.94. The fraction of sp³-hybridized carbons (Fsp3) is 0.455. The molecule has 0 spiro atoms. The number of nitrogens with one attached hydrogen (secondary N) is 1. The number of nitrogens with two attached hydrogens (primary N) is 1. The van der Waals surface area contributed by atoms with Crippen LogP contribution >= 0.6 is 27.7 Å². The number of halogens is 2. The zero-order valence-electron chi connectivity index (χ0n) is 10.4. The normalized spacial score (nSPS) is 11.7. The second kappa shape index (κ2) is 7.47. The third-order valence-electron chi connectivity index (χ3n) is 2.41. The van der Waals surface area contributed by atoms with Crippen molar-refractivity contribution in [3.63, 3.8) is 0 Å². The van der Waals surface area contributed by atoms with Crippen LogP contribution in [0.15, 0.2) is 21.5 Å². The number of sulfonamides is 1. The van der Waals surface area contributed by atoms with Gasteiger partial charge in [0.2, 0.25) is 10.0 Å². The van der Waals surface area contributed by atoms with E-state index in [1.165, 1.54) is 0 Å². The molecule has 0 fully saturated rings. The molecule has 1 aromatic rings. The smallest absolute Gasteiger partial charge is 0.241 e. The first-order chi connectivity index (χ1) is 8.88. The van der Waals surface area contributed by atoms with E-state index < -0.39 is 15.8 Å². The largest absolute Gasteiger partial charge is 0.396 e. The van der Waals surface area contributed by atoms with Gasteiger partial charge in [0.05, 0.1) is 10.6 Å². The Kier molecular flexibility index (Phi) is 6.58. The molecule has 0 saturated heterocycles. The Morgan fingerprint density at radius 3 is 2.74 bits per heavy atom. The van der Waals surface area contributed by atoms with Crippen LogP contribution in [-0.2, 0) is 10.0 Å². The Bertz CT molecular complexity index is 538. The lowest BCUT2D eigenvalue weighted by atomic mass is 10.3. The molecule has 0 atom stereocenters. The number of hydrogen-bond donors (Lipinski definition) is 2. The van der Waals surface area contributed by atoms with E-state index in [0.29, 0.717) is 6.54 Å². The minimum absolute atomic E-state index is 0.0451. The van der Waals surface area contributed by atoms with Gasteiger partial charge in [-0.15, -0.1) is 0 Å². The molecule has 0 aliphatic heterocycles. The number of anilines is 1. The van der Waals surface area contributed by atoms with Gasteiger partial charge in [0.1, 0.15) is 5.82 Å². The molecule has 0 radical (unpaired) electrons. The highest BCUT2D eigenvalue weighted by molar-refractivity contribution is 9.10. The number of rotatable bonds is 7. The van der Waals surface area contributed by atoms with Crippen LogP contribution in [0.4, 0.5) is 10.1 Å². The molecule has 19 heavy (non-hydrogen) atoms. The van der Waals surface area contributed by atoms with Gasteiger partial charge in [0, 0.05) is 11.0 Å². The van der Waals surface area contributed by atoms with Crippen LogP contribution in [0.5, 0.6) is 0 Å². The van der Waals surface area contributed by atoms with Gasteiger partial charge in [-0.1, -0.05) is 0 Å². The zero-order chi connectivity index (χ0) is 14.5. The Morgan fingerprint density at radius 1 is 1.42 bits per heavy atom. The summed E-state index contributed by atoms with van der Waals surface area (Å²) in [5.41, 5.74) is 5.20. The van der Waals surface area contributed by atoms with E-state index >= 15 is 0 Å². The Hall–Kier alpha value is -0.310. The van der Waals surface area contributed by atoms with Crippen LogP contribution in [0.1, 0.15) is 12.8 Å². The maximum atomic E-state index is 13.2. The lowest BCUT2D eigenvalue weighted by Crippen LogP contribution is -2.25. The third-order valence-corrected chi connectivity index (χ3v) is 5.52. The van der Waals surface area contributed by atoms with Gasteiger partial charge in [0.25, 0.3) is 0 Å². The topological polar surface area (TPSA) is 72.2 Å². The molecule has 8 heteroatoms. The molecule has 0 bridgehead atoms. The maximum Gasteiger partial charge on any atom is 0.241 e. The van der Waals surface area contributed by atoms with Crippen molar-refractivity contribution in [3.05, 3.63) is 22.4 Å². The van der Waals surface area contributed by atoms with E-state index in [2.05, 4.69) is 20.7 Å². The minimum atomic E-state index is -3.67. The summed E-state index contributed by atoms with van der Waals surface area (Å²) in [5.74, 6) is 0.348. The quantitative estimate of drug-likeness (QED) is 0.571. The predicted octanol–water partition coefficient (Wildman–Crippen LogP) is 2.59. The molecule has 0 amide bonds. The van der Waals surface area contributed by atoms with Crippen molar-refractivity contribution in [2.45, 2.75) is 17.7 Å². The lowest BCUT2D eigenvalue weighted by Gasteiger charge is -2.09. The van der Waals surface area contributed by atoms with Gasteiger partial charge in [-0.05, 0) is 52.9 Å². The standard InChI is InChI=1S/C11H16BrFN2O2S2/c1-18-5-3-2-4-15-19(16,17)11-7-10(14)9(13)6-8(11)12/h6-7,15H,2-5,14H2,1H3. The zero-order valence-corrected chi connectivity index (χ0v) is 13.7. The first kappa shape index (κ1) is 16.7. The van der Waals surface area contributed by atoms with E-state index in [-0.39, 0.29) is 15.1 Å². The molecule has 4 nitrogen and oxygen atoms in total. The Morgan fingerprint density at radius 2 is 2.11 bits per heavy atom. The van der Waals surface area contributed by atoms with Crippen LogP contribution in [0.3, 0.4) is 0 Å². The van der Waals surface area contributed by atoms with E-state index in [0.717, 1.165) is 30.7 Å². The molecule has 0 unspecified atom stereocenters. The summed E-state index contributed by atoms with van der Waals surface area (Å²) in [6.45, 7) is 0.354. The molecular formula is C11H16BrFN2O2S2.